The fourth-order valence-electron chi connectivity index (χ4n) is 5.26. The molecule has 2 aliphatic heterocycles. The summed E-state index contributed by atoms with van der Waals surface area (Å²) < 4.78 is 28.9. The Morgan fingerprint density at radius 2 is 1.78 bits per heavy atom. The van der Waals surface area contributed by atoms with E-state index in [0.717, 1.165) is 62.5 Å². The number of benzene rings is 2. The maximum absolute atomic E-state index is 14.5. The summed E-state index contributed by atoms with van der Waals surface area (Å²) in [5.41, 5.74) is 3.53. The van der Waals surface area contributed by atoms with Gasteiger partial charge in [0, 0.05) is 69.5 Å². The first kappa shape index (κ1) is 26.1. The van der Waals surface area contributed by atoms with Crippen LogP contribution in [0.1, 0.15) is 37.0 Å². The van der Waals surface area contributed by atoms with E-state index in [-0.39, 0.29) is 24.1 Å². The number of rotatable bonds is 6. The number of carbonyl (C=O) groups is 2. The van der Waals surface area contributed by atoms with Crippen LogP contribution in [0.3, 0.4) is 0 Å². The topological polar surface area (TPSA) is 55.9 Å². The quantitative estimate of drug-likeness (QED) is 0.651. The second kappa shape index (κ2) is 10.9. The molecule has 2 saturated heterocycles. The predicted molar refractivity (Wildman–Crippen MR) is 138 cm³/mol. The Balaban J connectivity index is 1.38. The molecule has 0 aromatic heterocycles. The van der Waals surface area contributed by atoms with Crippen LogP contribution in [-0.2, 0) is 16.0 Å². The van der Waals surface area contributed by atoms with Gasteiger partial charge in [0.1, 0.15) is 11.6 Å². The number of aryl methyl sites for hydroxylation is 1. The molecule has 0 spiro atoms. The Bertz CT molecular complexity index is 1130. The number of amides is 2. The Labute approximate surface area is 212 Å². The van der Waals surface area contributed by atoms with Crippen LogP contribution in [0.4, 0.5) is 20.2 Å². The zero-order valence-electron chi connectivity index (χ0n) is 21.6. The third kappa shape index (κ3) is 5.86. The smallest absolute Gasteiger partial charge is 0.227 e. The highest BCUT2D eigenvalue weighted by molar-refractivity contribution is 5.93. The van der Waals surface area contributed by atoms with Gasteiger partial charge in [-0.1, -0.05) is 13.0 Å². The molecule has 36 heavy (non-hydrogen) atoms. The van der Waals surface area contributed by atoms with Gasteiger partial charge in [0.05, 0.1) is 0 Å². The maximum atomic E-state index is 14.5. The molecule has 2 aliphatic rings. The van der Waals surface area contributed by atoms with Gasteiger partial charge in [-0.15, -0.1) is 0 Å². The minimum atomic E-state index is -0.475. The molecule has 194 valence electrons. The van der Waals surface area contributed by atoms with Crippen molar-refractivity contribution in [1.82, 2.24) is 9.80 Å². The van der Waals surface area contributed by atoms with Crippen LogP contribution in [0.25, 0.3) is 0 Å². The molecule has 2 heterocycles. The van der Waals surface area contributed by atoms with Gasteiger partial charge in [0.25, 0.3) is 0 Å². The molecule has 2 unspecified atom stereocenters. The lowest BCUT2D eigenvalue weighted by Gasteiger charge is -2.37. The van der Waals surface area contributed by atoms with Crippen LogP contribution < -0.4 is 10.2 Å². The Morgan fingerprint density at radius 1 is 1.06 bits per heavy atom. The van der Waals surface area contributed by atoms with Crippen molar-refractivity contribution in [2.45, 2.75) is 46.6 Å². The van der Waals surface area contributed by atoms with E-state index < -0.39 is 11.7 Å². The lowest BCUT2D eigenvalue weighted by Crippen LogP contribution is -2.52. The molecule has 1 N–H and O–H groups in total. The van der Waals surface area contributed by atoms with E-state index in [0.29, 0.717) is 17.3 Å². The van der Waals surface area contributed by atoms with Crippen molar-refractivity contribution < 1.29 is 18.4 Å². The Kier molecular flexibility index (Phi) is 7.93. The molecule has 0 bridgehead atoms. The van der Waals surface area contributed by atoms with E-state index in [2.05, 4.69) is 15.1 Å². The first-order valence-corrected chi connectivity index (χ1v) is 12.7. The van der Waals surface area contributed by atoms with E-state index in [1.54, 1.807) is 19.9 Å². The van der Waals surface area contributed by atoms with E-state index in [9.17, 15) is 18.4 Å². The number of carbonyl (C=O) groups excluding carboxylic acids is 2. The molecular weight excluding hydrogens is 462 g/mol. The average Bonchev–Trinajstić information content (AvgIpc) is 3.34. The Hall–Kier alpha value is -3.00. The standard InChI is InChI=1S/C28H36F2N4O2/c1-18-5-6-27(30)26(20(18)3)13-19(2)28(36)31-23-14-22(29)15-25(16-23)34-8-7-24(17-34)33-11-9-32(10-12-33)21(4)35/h5-6,14-16,19,24H,7-13,17H2,1-4H3,(H,31,36). The Morgan fingerprint density at radius 3 is 2.47 bits per heavy atom. The zero-order valence-corrected chi connectivity index (χ0v) is 21.6. The summed E-state index contributed by atoms with van der Waals surface area (Å²) in [4.78, 5) is 30.9. The van der Waals surface area contributed by atoms with Gasteiger partial charge in [-0.25, -0.2) is 8.78 Å². The highest BCUT2D eigenvalue weighted by atomic mass is 19.1. The van der Waals surface area contributed by atoms with Crippen LogP contribution >= 0.6 is 0 Å². The van der Waals surface area contributed by atoms with Crippen molar-refractivity contribution in [1.29, 1.82) is 0 Å². The number of hydrogen-bond donors (Lipinski definition) is 1. The number of anilines is 2. The zero-order chi connectivity index (χ0) is 26.0. The van der Waals surface area contributed by atoms with Crippen molar-refractivity contribution in [3.8, 4) is 0 Å². The normalized spacial score (nSPS) is 19.4. The molecule has 4 rings (SSSR count). The molecule has 8 heteroatoms. The summed E-state index contributed by atoms with van der Waals surface area (Å²) in [7, 11) is 0. The molecule has 2 aromatic rings. The number of hydrogen-bond acceptors (Lipinski definition) is 4. The predicted octanol–water partition coefficient (Wildman–Crippen LogP) is 4.14. The summed E-state index contributed by atoms with van der Waals surface area (Å²) in [5.74, 6) is -1.34. The van der Waals surface area contributed by atoms with E-state index >= 15 is 0 Å². The van der Waals surface area contributed by atoms with Gasteiger partial charge in [0.15, 0.2) is 0 Å². The molecular formula is C28H36F2N4O2. The second-order valence-electron chi connectivity index (χ2n) is 10.2. The second-order valence-corrected chi connectivity index (χ2v) is 10.2. The average molecular weight is 499 g/mol. The monoisotopic (exact) mass is 498 g/mol. The summed E-state index contributed by atoms with van der Waals surface area (Å²) in [6, 6.07) is 8.16. The molecule has 0 aliphatic carbocycles. The van der Waals surface area contributed by atoms with Crippen LogP contribution in [0.5, 0.6) is 0 Å². The van der Waals surface area contributed by atoms with E-state index in [1.807, 2.05) is 24.8 Å². The number of nitrogens with one attached hydrogen (secondary N) is 1. The third-order valence-electron chi connectivity index (χ3n) is 7.72. The van der Waals surface area contributed by atoms with Gasteiger partial charge in [-0.3, -0.25) is 14.5 Å². The number of nitrogens with zero attached hydrogens (tertiary/aromatic N) is 3. The minimum Gasteiger partial charge on any atom is -0.370 e. The highest BCUT2D eigenvalue weighted by Gasteiger charge is 2.31. The van der Waals surface area contributed by atoms with Crippen molar-refractivity contribution in [2.24, 2.45) is 5.92 Å². The van der Waals surface area contributed by atoms with Gasteiger partial charge in [0.2, 0.25) is 11.8 Å². The van der Waals surface area contributed by atoms with E-state index in [4.69, 9.17) is 0 Å². The molecule has 0 radical (unpaired) electrons. The van der Waals surface area contributed by atoms with Gasteiger partial charge >= 0.3 is 0 Å². The number of piperazine rings is 1. The molecule has 6 nitrogen and oxygen atoms in total. The van der Waals surface area contributed by atoms with Crippen molar-refractivity contribution in [3.05, 3.63) is 58.7 Å². The van der Waals surface area contributed by atoms with Crippen LogP contribution in [0.2, 0.25) is 0 Å². The van der Waals surface area contributed by atoms with Gasteiger partial charge in [-0.2, -0.15) is 0 Å². The lowest BCUT2D eigenvalue weighted by atomic mass is 9.94. The summed E-state index contributed by atoms with van der Waals surface area (Å²) in [6.07, 6.45) is 1.24. The molecule has 2 amide bonds. The highest BCUT2D eigenvalue weighted by Crippen LogP contribution is 2.28. The first-order chi connectivity index (χ1) is 17.1. The fourth-order valence-corrected chi connectivity index (χ4v) is 5.26. The molecule has 2 aromatic carbocycles. The van der Waals surface area contributed by atoms with Crippen LogP contribution in [0, 0.1) is 31.4 Å². The number of halogens is 2. The fraction of sp³-hybridized carbons (Fsp3) is 0.500. The SMILES string of the molecule is CC(=O)N1CCN(C2CCN(c3cc(F)cc(NC(=O)C(C)Cc4c(F)ccc(C)c4C)c3)C2)CC1. The van der Waals surface area contributed by atoms with Crippen molar-refractivity contribution in [3.63, 3.8) is 0 Å². The third-order valence-corrected chi connectivity index (χ3v) is 7.72. The van der Waals surface area contributed by atoms with Gasteiger partial charge < -0.3 is 15.1 Å². The maximum Gasteiger partial charge on any atom is 0.227 e. The first-order valence-electron chi connectivity index (χ1n) is 12.7. The summed E-state index contributed by atoms with van der Waals surface area (Å²) >= 11 is 0. The molecule has 2 fully saturated rings. The summed E-state index contributed by atoms with van der Waals surface area (Å²) in [5, 5.41) is 2.83. The van der Waals surface area contributed by atoms with Crippen LogP contribution in [0.15, 0.2) is 30.3 Å². The van der Waals surface area contributed by atoms with Gasteiger partial charge in [-0.05, 0) is 67.6 Å². The summed E-state index contributed by atoms with van der Waals surface area (Å²) in [6.45, 7) is 11.9. The van der Waals surface area contributed by atoms with Crippen LogP contribution in [-0.4, -0.2) is 66.9 Å². The van der Waals surface area contributed by atoms with Crippen molar-refractivity contribution in [2.75, 3.05) is 49.5 Å². The minimum absolute atomic E-state index is 0.116. The van der Waals surface area contributed by atoms with E-state index in [1.165, 1.54) is 18.2 Å². The lowest BCUT2D eigenvalue weighted by molar-refractivity contribution is -0.130. The molecule has 0 saturated carbocycles. The van der Waals surface area contributed by atoms with Crippen molar-refractivity contribution >= 4 is 23.2 Å². The molecule has 2 atom stereocenters. The largest absolute Gasteiger partial charge is 0.370 e.